The quantitative estimate of drug-likeness (QED) is 0.604. The highest BCUT2D eigenvalue weighted by atomic mass is 32.2. The number of rotatable bonds is 4. The summed E-state index contributed by atoms with van der Waals surface area (Å²) in [5, 5.41) is 10.4. The zero-order valence-electron chi connectivity index (χ0n) is 9.24. The second-order valence-corrected chi connectivity index (χ2v) is 6.20. The van der Waals surface area contributed by atoms with E-state index in [2.05, 4.69) is 0 Å². The molecule has 2 rings (SSSR count). The number of para-hydroxylation sites is 2. The van der Waals surface area contributed by atoms with Crippen LogP contribution in [0.4, 0.5) is 11.4 Å². The van der Waals surface area contributed by atoms with Gasteiger partial charge in [0.2, 0.25) is 10.0 Å². The van der Waals surface area contributed by atoms with Crippen molar-refractivity contribution in [3.63, 3.8) is 0 Å². The molecule has 1 saturated carbocycles. The molecule has 0 radical (unpaired) electrons. The maximum Gasteiger partial charge on any atom is 0.293 e. The van der Waals surface area contributed by atoms with Crippen molar-refractivity contribution in [3.05, 3.63) is 34.4 Å². The molecule has 7 heteroatoms. The molecule has 0 N–H and O–H groups in total. The van der Waals surface area contributed by atoms with Crippen molar-refractivity contribution in [1.29, 1.82) is 0 Å². The van der Waals surface area contributed by atoms with Crippen LogP contribution in [0.15, 0.2) is 24.3 Å². The van der Waals surface area contributed by atoms with Gasteiger partial charge in [0.25, 0.3) is 5.69 Å². The third-order valence-corrected chi connectivity index (χ3v) is 5.02. The third-order valence-electron chi connectivity index (χ3n) is 2.75. The second-order valence-electron chi connectivity index (χ2n) is 3.96. The number of hydrogen-bond donors (Lipinski definition) is 0. The predicted molar refractivity (Wildman–Crippen MR) is 63.4 cm³/mol. The summed E-state index contributed by atoms with van der Waals surface area (Å²) in [7, 11) is -2.09. The molecule has 0 atom stereocenters. The third kappa shape index (κ3) is 2.10. The van der Waals surface area contributed by atoms with E-state index in [4.69, 9.17) is 0 Å². The van der Waals surface area contributed by atoms with Crippen LogP contribution < -0.4 is 4.31 Å². The van der Waals surface area contributed by atoms with Crippen molar-refractivity contribution in [2.75, 3.05) is 11.4 Å². The van der Waals surface area contributed by atoms with E-state index in [0.717, 1.165) is 4.31 Å². The van der Waals surface area contributed by atoms with E-state index in [1.807, 2.05) is 0 Å². The molecule has 0 unspecified atom stereocenters. The minimum absolute atomic E-state index is 0.115. The highest BCUT2D eigenvalue weighted by molar-refractivity contribution is 7.93. The summed E-state index contributed by atoms with van der Waals surface area (Å²) in [6.07, 6.45) is 1.26. The zero-order valence-corrected chi connectivity index (χ0v) is 10.1. The number of nitrogens with zero attached hydrogens (tertiary/aromatic N) is 2. The van der Waals surface area contributed by atoms with Crippen molar-refractivity contribution in [2.24, 2.45) is 0 Å². The van der Waals surface area contributed by atoms with Crippen LogP contribution in [0.1, 0.15) is 12.8 Å². The Labute approximate surface area is 99.1 Å². The van der Waals surface area contributed by atoms with Gasteiger partial charge in [-0.25, -0.2) is 8.42 Å². The van der Waals surface area contributed by atoms with Crippen LogP contribution in [-0.2, 0) is 10.0 Å². The Morgan fingerprint density at radius 3 is 2.47 bits per heavy atom. The predicted octanol–water partition coefficient (Wildman–Crippen LogP) is 1.52. The molecule has 17 heavy (non-hydrogen) atoms. The Bertz CT molecular complexity index is 551. The van der Waals surface area contributed by atoms with E-state index in [1.165, 1.54) is 25.2 Å². The summed E-state index contributed by atoms with van der Waals surface area (Å²) in [4.78, 5) is 10.2. The molecule has 1 aromatic carbocycles. The average molecular weight is 256 g/mol. The van der Waals surface area contributed by atoms with Gasteiger partial charge in [0.1, 0.15) is 5.69 Å². The van der Waals surface area contributed by atoms with Crippen LogP contribution in [-0.4, -0.2) is 25.6 Å². The Balaban J connectivity index is 2.43. The number of benzene rings is 1. The van der Waals surface area contributed by atoms with E-state index >= 15 is 0 Å². The van der Waals surface area contributed by atoms with Crippen LogP contribution in [0.25, 0.3) is 0 Å². The van der Waals surface area contributed by atoms with Crippen molar-refractivity contribution in [3.8, 4) is 0 Å². The maximum absolute atomic E-state index is 12.0. The van der Waals surface area contributed by atoms with Gasteiger partial charge >= 0.3 is 0 Å². The lowest BCUT2D eigenvalue weighted by molar-refractivity contribution is -0.384. The van der Waals surface area contributed by atoms with Gasteiger partial charge in [0.15, 0.2) is 0 Å². The smallest absolute Gasteiger partial charge is 0.266 e. The zero-order chi connectivity index (χ0) is 12.6. The number of hydrogen-bond acceptors (Lipinski definition) is 4. The molecule has 0 spiro atoms. The largest absolute Gasteiger partial charge is 0.293 e. The van der Waals surface area contributed by atoms with Crippen LogP contribution >= 0.6 is 0 Å². The van der Waals surface area contributed by atoms with Crippen molar-refractivity contribution in [1.82, 2.24) is 0 Å². The fraction of sp³-hybridized carbons (Fsp3) is 0.400. The molecule has 1 aliphatic carbocycles. The molecule has 0 saturated heterocycles. The molecule has 6 nitrogen and oxygen atoms in total. The first kappa shape index (κ1) is 11.8. The monoisotopic (exact) mass is 256 g/mol. The summed E-state index contributed by atoms with van der Waals surface area (Å²) < 4.78 is 25.0. The maximum atomic E-state index is 12.0. The summed E-state index contributed by atoms with van der Waals surface area (Å²) in [6, 6.07) is 5.84. The van der Waals surface area contributed by atoms with E-state index in [1.54, 1.807) is 6.07 Å². The van der Waals surface area contributed by atoms with Gasteiger partial charge in [0.05, 0.1) is 10.2 Å². The number of nitro benzene ring substituents is 1. The van der Waals surface area contributed by atoms with E-state index in [0.29, 0.717) is 12.8 Å². The molecule has 0 bridgehead atoms. The van der Waals surface area contributed by atoms with E-state index < -0.39 is 14.9 Å². The Morgan fingerprint density at radius 1 is 1.35 bits per heavy atom. The lowest BCUT2D eigenvalue weighted by atomic mass is 10.3. The molecule has 0 aliphatic heterocycles. The lowest BCUT2D eigenvalue weighted by Gasteiger charge is -2.18. The van der Waals surface area contributed by atoms with Gasteiger partial charge in [-0.1, -0.05) is 12.1 Å². The fourth-order valence-electron chi connectivity index (χ4n) is 1.61. The Kier molecular flexibility index (Phi) is 2.78. The van der Waals surface area contributed by atoms with Crippen molar-refractivity contribution >= 4 is 21.4 Å². The molecular weight excluding hydrogens is 244 g/mol. The van der Waals surface area contributed by atoms with Gasteiger partial charge in [-0.2, -0.15) is 0 Å². The first-order valence-corrected chi connectivity index (χ1v) is 6.66. The van der Waals surface area contributed by atoms with Gasteiger partial charge < -0.3 is 0 Å². The summed E-state index contributed by atoms with van der Waals surface area (Å²) in [6.45, 7) is 0. The van der Waals surface area contributed by atoms with Crippen molar-refractivity contribution < 1.29 is 13.3 Å². The molecule has 0 heterocycles. The fourth-order valence-corrected chi connectivity index (χ4v) is 3.22. The van der Waals surface area contributed by atoms with Crippen LogP contribution in [0, 0.1) is 10.1 Å². The lowest BCUT2D eigenvalue weighted by Crippen LogP contribution is -2.30. The molecule has 0 amide bonds. The van der Waals surface area contributed by atoms with E-state index in [-0.39, 0.29) is 16.6 Å². The van der Waals surface area contributed by atoms with Crippen LogP contribution in [0.2, 0.25) is 0 Å². The molecule has 1 aromatic rings. The molecule has 92 valence electrons. The average Bonchev–Trinajstić information content (AvgIpc) is 3.12. The highest BCUT2D eigenvalue weighted by Crippen LogP contribution is 2.35. The van der Waals surface area contributed by atoms with Crippen molar-refractivity contribution in [2.45, 2.75) is 18.1 Å². The van der Waals surface area contributed by atoms with E-state index in [9.17, 15) is 18.5 Å². The Hall–Kier alpha value is -1.63. The number of sulfonamides is 1. The van der Waals surface area contributed by atoms with Gasteiger partial charge in [-0.3, -0.25) is 14.4 Å². The van der Waals surface area contributed by atoms with Crippen LogP contribution in [0.5, 0.6) is 0 Å². The second kappa shape index (κ2) is 3.99. The minimum atomic E-state index is -3.45. The SMILES string of the molecule is CN(c1ccccc1[N+](=O)[O-])S(=O)(=O)C1CC1. The molecule has 1 fully saturated rings. The molecule has 1 aliphatic rings. The first-order valence-electron chi connectivity index (χ1n) is 5.16. The number of nitro groups is 1. The summed E-state index contributed by atoms with van der Waals surface area (Å²) in [5.41, 5.74) is -0.0800. The Morgan fingerprint density at radius 2 is 1.94 bits per heavy atom. The van der Waals surface area contributed by atoms with Gasteiger partial charge in [0, 0.05) is 13.1 Å². The number of anilines is 1. The topological polar surface area (TPSA) is 80.5 Å². The summed E-state index contributed by atoms with van der Waals surface area (Å²) in [5.74, 6) is 0. The molecular formula is C10H12N2O4S. The van der Waals surface area contributed by atoms with Gasteiger partial charge in [-0.15, -0.1) is 0 Å². The van der Waals surface area contributed by atoms with Crippen LogP contribution in [0.3, 0.4) is 0 Å². The summed E-state index contributed by atoms with van der Waals surface area (Å²) >= 11 is 0. The van der Waals surface area contributed by atoms with Gasteiger partial charge in [-0.05, 0) is 18.9 Å². The first-order chi connectivity index (χ1) is 7.94. The standard InChI is InChI=1S/C10H12N2O4S/c1-11(17(15,16)8-6-7-8)9-4-2-3-5-10(9)12(13)14/h2-5,8H,6-7H2,1H3. The normalized spacial score (nSPS) is 15.6. The minimum Gasteiger partial charge on any atom is -0.266 e. The molecule has 0 aromatic heterocycles. The highest BCUT2D eigenvalue weighted by Gasteiger charge is 2.40.